The summed E-state index contributed by atoms with van der Waals surface area (Å²) in [6, 6.07) is 8.23. The first-order valence-corrected chi connectivity index (χ1v) is 7.45. The number of ketones is 1. The minimum absolute atomic E-state index is 0.326. The lowest BCUT2D eigenvalue weighted by Crippen LogP contribution is -2.31. The van der Waals surface area contributed by atoms with E-state index in [-0.39, 0.29) is 12.3 Å². The minimum atomic E-state index is -0.740. The van der Waals surface area contributed by atoms with Gasteiger partial charge in [0.1, 0.15) is 6.54 Å². The lowest BCUT2D eigenvalue weighted by atomic mass is 10.0. The summed E-state index contributed by atoms with van der Waals surface area (Å²) >= 11 is 0. The van der Waals surface area contributed by atoms with Gasteiger partial charge in [-0.2, -0.15) is 0 Å². The number of carbonyl (C=O) groups excluding carboxylic acids is 2. The summed E-state index contributed by atoms with van der Waals surface area (Å²) in [5.74, 6) is -0.702. The number of benzene rings is 1. The molecule has 0 aliphatic rings. The Labute approximate surface area is 137 Å². The summed E-state index contributed by atoms with van der Waals surface area (Å²) in [6.07, 6.45) is 1.19. The van der Waals surface area contributed by atoms with Gasteiger partial charge in [0, 0.05) is 17.8 Å². The van der Waals surface area contributed by atoms with Crippen molar-refractivity contribution in [3.8, 4) is 0 Å². The fourth-order valence-electron chi connectivity index (χ4n) is 2.04. The number of nitrogens with zero attached hydrogens (tertiary/aromatic N) is 1. The topological polar surface area (TPSA) is 98.2 Å². The second-order valence-corrected chi connectivity index (χ2v) is 5.60. The number of rotatable bonds is 6. The highest BCUT2D eigenvalue weighted by Gasteiger charge is 2.11. The molecule has 1 N–H and O–H groups in total. The average Bonchev–Trinajstić information content (AvgIpc) is 2.55. The third kappa shape index (κ3) is 4.52. The standard InChI is InChI=1S/C17H18N2O5/c1-11(2)12-3-5-13(6-4-12)14(20)10-24-16(22)9-19-8-7-15(21)18-17(19)23/h3-8,11H,9-10H2,1-2H3,(H,18,21,23). The van der Waals surface area contributed by atoms with Crippen molar-refractivity contribution in [3.05, 3.63) is 68.5 Å². The molecule has 1 heterocycles. The number of esters is 1. The van der Waals surface area contributed by atoms with Gasteiger partial charge in [-0.3, -0.25) is 23.9 Å². The molecule has 0 atom stereocenters. The molecule has 0 aliphatic carbocycles. The third-order valence-electron chi connectivity index (χ3n) is 3.46. The third-order valence-corrected chi connectivity index (χ3v) is 3.46. The lowest BCUT2D eigenvalue weighted by Gasteiger charge is -2.08. The molecule has 0 saturated heterocycles. The van der Waals surface area contributed by atoms with E-state index in [1.54, 1.807) is 12.1 Å². The van der Waals surface area contributed by atoms with Crippen molar-refractivity contribution >= 4 is 11.8 Å². The zero-order valence-corrected chi connectivity index (χ0v) is 13.4. The van der Waals surface area contributed by atoms with E-state index in [0.717, 1.165) is 16.2 Å². The monoisotopic (exact) mass is 330 g/mol. The maximum absolute atomic E-state index is 12.0. The van der Waals surface area contributed by atoms with Crippen molar-refractivity contribution in [2.75, 3.05) is 6.61 Å². The summed E-state index contributed by atoms with van der Waals surface area (Å²) in [5.41, 5.74) is 0.300. The molecule has 0 unspecified atom stereocenters. The Kier molecular flexibility index (Phi) is 5.47. The first kappa shape index (κ1) is 17.4. The van der Waals surface area contributed by atoms with Crippen molar-refractivity contribution in [1.82, 2.24) is 9.55 Å². The molecule has 0 radical (unpaired) electrons. The van der Waals surface area contributed by atoms with E-state index in [4.69, 9.17) is 4.74 Å². The number of hydrogen-bond acceptors (Lipinski definition) is 5. The lowest BCUT2D eigenvalue weighted by molar-refractivity contribution is -0.143. The number of hydrogen-bond donors (Lipinski definition) is 1. The van der Waals surface area contributed by atoms with Gasteiger partial charge in [0.2, 0.25) is 0 Å². The van der Waals surface area contributed by atoms with E-state index in [2.05, 4.69) is 13.8 Å². The zero-order valence-electron chi connectivity index (χ0n) is 13.4. The molecule has 0 bridgehead atoms. The second kappa shape index (κ2) is 7.54. The number of H-pyrrole nitrogens is 1. The quantitative estimate of drug-likeness (QED) is 0.631. The maximum atomic E-state index is 12.0. The molecule has 0 amide bonds. The van der Waals surface area contributed by atoms with E-state index >= 15 is 0 Å². The molecule has 0 saturated carbocycles. The molecule has 24 heavy (non-hydrogen) atoms. The predicted molar refractivity (Wildman–Crippen MR) is 87.1 cm³/mol. The molecule has 1 aromatic carbocycles. The molecule has 0 aliphatic heterocycles. The van der Waals surface area contributed by atoms with Gasteiger partial charge < -0.3 is 4.74 Å². The molecular formula is C17H18N2O5. The zero-order chi connectivity index (χ0) is 17.7. The largest absolute Gasteiger partial charge is 0.456 e. The van der Waals surface area contributed by atoms with Crippen LogP contribution in [0.4, 0.5) is 0 Å². The number of nitrogens with one attached hydrogen (secondary N) is 1. The first-order valence-electron chi connectivity index (χ1n) is 7.45. The van der Waals surface area contributed by atoms with Crippen LogP contribution in [0.3, 0.4) is 0 Å². The number of ether oxygens (including phenoxy) is 1. The Bertz CT molecular complexity index is 846. The molecule has 0 fully saturated rings. The summed E-state index contributed by atoms with van der Waals surface area (Å²) in [6.45, 7) is 3.32. The molecule has 0 spiro atoms. The molecule has 1 aromatic heterocycles. The van der Waals surface area contributed by atoms with Crippen LogP contribution < -0.4 is 11.2 Å². The SMILES string of the molecule is CC(C)c1ccc(C(=O)COC(=O)Cn2ccc(=O)[nH]c2=O)cc1. The summed E-state index contributed by atoms with van der Waals surface area (Å²) in [5, 5.41) is 0. The van der Waals surface area contributed by atoms with Crippen molar-refractivity contribution in [2.24, 2.45) is 0 Å². The van der Waals surface area contributed by atoms with E-state index < -0.39 is 23.8 Å². The van der Waals surface area contributed by atoms with Crippen LogP contribution in [0.1, 0.15) is 35.7 Å². The number of Topliss-reactive ketones (excluding diaryl/α,β-unsaturated/α-hetero) is 1. The fourth-order valence-corrected chi connectivity index (χ4v) is 2.04. The van der Waals surface area contributed by atoms with Gasteiger partial charge in [-0.05, 0) is 11.5 Å². The van der Waals surface area contributed by atoms with Crippen LogP contribution in [0.5, 0.6) is 0 Å². The fraction of sp³-hybridized carbons (Fsp3) is 0.294. The van der Waals surface area contributed by atoms with Crippen LogP contribution in [0, 0.1) is 0 Å². The second-order valence-electron chi connectivity index (χ2n) is 5.60. The van der Waals surface area contributed by atoms with Crippen molar-refractivity contribution in [1.29, 1.82) is 0 Å². The van der Waals surface area contributed by atoms with Crippen LogP contribution in [0.2, 0.25) is 0 Å². The Hall–Kier alpha value is -2.96. The highest BCUT2D eigenvalue weighted by Crippen LogP contribution is 2.14. The Morgan fingerprint density at radius 3 is 2.38 bits per heavy atom. The molecule has 7 nitrogen and oxygen atoms in total. The highest BCUT2D eigenvalue weighted by molar-refractivity contribution is 5.97. The summed E-state index contributed by atoms with van der Waals surface area (Å²) < 4.78 is 5.88. The van der Waals surface area contributed by atoms with Crippen LogP contribution >= 0.6 is 0 Å². The van der Waals surface area contributed by atoms with Gasteiger partial charge in [-0.1, -0.05) is 38.1 Å². The predicted octanol–water partition coefficient (Wildman–Crippen LogP) is 1.09. The minimum Gasteiger partial charge on any atom is -0.456 e. The van der Waals surface area contributed by atoms with Crippen LogP contribution in [-0.2, 0) is 16.1 Å². The van der Waals surface area contributed by atoms with Crippen LogP contribution in [0.15, 0.2) is 46.1 Å². The van der Waals surface area contributed by atoms with Crippen molar-refractivity contribution < 1.29 is 14.3 Å². The highest BCUT2D eigenvalue weighted by atomic mass is 16.5. The molecule has 2 rings (SSSR count). The van der Waals surface area contributed by atoms with Crippen LogP contribution in [0.25, 0.3) is 0 Å². The molecule has 2 aromatic rings. The average molecular weight is 330 g/mol. The molecular weight excluding hydrogens is 312 g/mol. The number of carbonyl (C=O) groups is 2. The Balaban J connectivity index is 1.92. The number of aromatic nitrogens is 2. The van der Waals surface area contributed by atoms with E-state index in [1.807, 2.05) is 17.1 Å². The Morgan fingerprint density at radius 2 is 1.79 bits per heavy atom. The van der Waals surface area contributed by atoms with Gasteiger partial charge in [0.25, 0.3) is 5.56 Å². The van der Waals surface area contributed by atoms with Gasteiger partial charge >= 0.3 is 11.7 Å². The normalized spacial score (nSPS) is 10.6. The molecule has 126 valence electrons. The first-order chi connectivity index (χ1) is 11.4. The van der Waals surface area contributed by atoms with E-state index in [0.29, 0.717) is 11.5 Å². The Morgan fingerprint density at radius 1 is 1.12 bits per heavy atom. The van der Waals surface area contributed by atoms with Crippen molar-refractivity contribution in [2.45, 2.75) is 26.3 Å². The van der Waals surface area contributed by atoms with Gasteiger partial charge in [0.05, 0.1) is 0 Å². The molecule has 7 heteroatoms. The summed E-state index contributed by atoms with van der Waals surface area (Å²) in [4.78, 5) is 48.1. The maximum Gasteiger partial charge on any atom is 0.328 e. The van der Waals surface area contributed by atoms with Crippen molar-refractivity contribution in [3.63, 3.8) is 0 Å². The van der Waals surface area contributed by atoms with E-state index in [9.17, 15) is 19.2 Å². The number of aromatic amines is 1. The summed E-state index contributed by atoms with van der Waals surface area (Å²) in [7, 11) is 0. The van der Waals surface area contributed by atoms with Crippen LogP contribution in [-0.4, -0.2) is 27.9 Å². The van der Waals surface area contributed by atoms with Gasteiger partial charge in [-0.25, -0.2) is 4.79 Å². The van der Waals surface area contributed by atoms with Gasteiger partial charge in [0.15, 0.2) is 12.4 Å². The van der Waals surface area contributed by atoms with E-state index in [1.165, 1.54) is 6.20 Å². The van der Waals surface area contributed by atoms with Gasteiger partial charge in [-0.15, -0.1) is 0 Å². The smallest absolute Gasteiger partial charge is 0.328 e.